The molecule has 0 bridgehead atoms. The Labute approximate surface area is 138 Å². The first kappa shape index (κ1) is 16.4. The van der Waals surface area contributed by atoms with Gasteiger partial charge in [0, 0.05) is 24.8 Å². The summed E-state index contributed by atoms with van der Waals surface area (Å²) in [7, 11) is -2.20. The average Bonchev–Trinajstić information content (AvgIpc) is 2.81. The van der Waals surface area contributed by atoms with E-state index in [9.17, 15) is 22.8 Å². The Balaban J connectivity index is 1.99. The molecule has 2 aliphatic rings. The summed E-state index contributed by atoms with van der Waals surface area (Å²) in [6.07, 6.45) is 1.47. The highest BCUT2D eigenvalue weighted by Gasteiger charge is 2.40. The number of nitrogens with one attached hydrogen (secondary N) is 1. The van der Waals surface area contributed by atoms with Crippen LogP contribution < -0.4 is 10.1 Å². The smallest absolute Gasteiger partial charge is 0.255 e. The third-order valence-corrected chi connectivity index (χ3v) is 5.33. The van der Waals surface area contributed by atoms with Crippen LogP contribution >= 0.6 is 0 Å². The van der Waals surface area contributed by atoms with Crippen LogP contribution in [0.1, 0.15) is 28.8 Å². The van der Waals surface area contributed by atoms with E-state index in [4.69, 9.17) is 4.74 Å². The van der Waals surface area contributed by atoms with Gasteiger partial charge in [-0.05, 0) is 24.1 Å². The lowest BCUT2D eigenvalue weighted by atomic mass is 10.0. The molecule has 0 aromatic heterocycles. The zero-order valence-corrected chi connectivity index (χ0v) is 14.0. The van der Waals surface area contributed by atoms with E-state index >= 15 is 0 Å². The Morgan fingerprint density at radius 1 is 1.25 bits per heavy atom. The number of amides is 3. The topological polar surface area (TPSA) is 110 Å². The van der Waals surface area contributed by atoms with E-state index < -0.39 is 21.8 Å². The van der Waals surface area contributed by atoms with Crippen LogP contribution in [0.15, 0.2) is 17.0 Å². The first-order chi connectivity index (χ1) is 11.2. The van der Waals surface area contributed by atoms with Gasteiger partial charge in [-0.3, -0.25) is 19.7 Å². The maximum Gasteiger partial charge on any atom is 0.255 e. The number of hydrogen-bond donors (Lipinski definition) is 1. The molecule has 1 saturated heterocycles. The van der Waals surface area contributed by atoms with Gasteiger partial charge in [-0.25, -0.2) is 8.42 Å². The fraction of sp³-hybridized carbons (Fsp3) is 0.400. The number of sulfone groups is 1. The summed E-state index contributed by atoms with van der Waals surface area (Å²) in [5.74, 6) is -1.16. The van der Waals surface area contributed by atoms with Gasteiger partial charge in [0.1, 0.15) is 16.7 Å². The van der Waals surface area contributed by atoms with E-state index in [1.54, 1.807) is 0 Å². The van der Waals surface area contributed by atoms with Crippen LogP contribution in [-0.4, -0.2) is 50.4 Å². The quantitative estimate of drug-likeness (QED) is 0.758. The van der Waals surface area contributed by atoms with E-state index in [2.05, 4.69) is 5.32 Å². The van der Waals surface area contributed by atoms with E-state index in [0.717, 1.165) is 6.26 Å². The number of carbonyl (C=O) groups excluding carboxylic acids is 3. The molecule has 0 aliphatic carbocycles. The van der Waals surface area contributed by atoms with Gasteiger partial charge in [0.25, 0.3) is 5.91 Å². The highest BCUT2D eigenvalue weighted by atomic mass is 32.2. The number of piperidine rings is 1. The molecule has 1 N–H and O–H groups in total. The minimum Gasteiger partial charge on any atom is -0.495 e. The molecule has 24 heavy (non-hydrogen) atoms. The zero-order valence-electron chi connectivity index (χ0n) is 13.2. The first-order valence-electron chi connectivity index (χ1n) is 7.28. The van der Waals surface area contributed by atoms with Gasteiger partial charge in [-0.2, -0.15) is 0 Å². The van der Waals surface area contributed by atoms with E-state index in [1.165, 1.54) is 24.1 Å². The van der Waals surface area contributed by atoms with Crippen LogP contribution in [0.4, 0.5) is 0 Å². The van der Waals surface area contributed by atoms with Crippen molar-refractivity contribution in [1.82, 2.24) is 10.2 Å². The molecule has 9 heteroatoms. The van der Waals surface area contributed by atoms with E-state index in [1.807, 2.05) is 0 Å². The molecule has 1 aromatic carbocycles. The van der Waals surface area contributed by atoms with Crippen molar-refractivity contribution in [3.63, 3.8) is 0 Å². The summed E-state index contributed by atoms with van der Waals surface area (Å²) in [5.41, 5.74) is 0.829. The molecule has 2 aliphatic heterocycles. The Hall–Kier alpha value is -2.42. The molecule has 2 heterocycles. The molecule has 0 radical (unpaired) electrons. The van der Waals surface area contributed by atoms with Gasteiger partial charge in [-0.15, -0.1) is 0 Å². The van der Waals surface area contributed by atoms with Crippen LogP contribution in [0.25, 0.3) is 0 Å². The number of carbonyl (C=O) groups is 3. The van der Waals surface area contributed by atoms with Crippen LogP contribution in [0.3, 0.4) is 0 Å². The SMILES string of the molecule is COc1cc2c(cc1S(C)(=O)=O)CN(C1CCC(=O)NC1=O)C2=O. The second-order valence-corrected chi connectivity index (χ2v) is 7.82. The highest BCUT2D eigenvalue weighted by molar-refractivity contribution is 7.90. The largest absolute Gasteiger partial charge is 0.495 e. The Kier molecular flexibility index (Phi) is 3.83. The Morgan fingerprint density at radius 2 is 1.96 bits per heavy atom. The lowest BCUT2D eigenvalue weighted by Gasteiger charge is -2.29. The summed E-state index contributed by atoms with van der Waals surface area (Å²) >= 11 is 0. The molecule has 3 amide bonds. The van der Waals surface area contributed by atoms with Gasteiger partial charge in [0.2, 0.25) is 11.8 Å². The number of imide groups is 1. The van der Waals surface area contributed by atoms with Crippen LogP contribution in [-0.2, 0) is 26.0 Å². The zero-order chi connectivity index (χ0) is 17.6. The van der Waals surface area contributed by atoms with Crippen LogP contribution in [0, 0.1) is 0 Å². The predicted octanol–water partition coefficient (Wildman–Crippen LogP) is -0.140. The Bertz CT molecular complexity index is 861. The Morgan fingerprint density at radius 3 is 2.54 bits per heavy atom. The number of hydrogen-bond acceptors (Lipinski definition) is 6. The third-order valence-electron chi connectivity index (χ3n) is 4.21. The van der Waals surface area contributed by atoms with Crippen LogP contribution in [0.5, 0.6) is 5.75 Å². The number of nitrogens with zero attached hydrogens (tertiary/aromatic N) is 1. The summed E-state index contributed by atoms with van der Waals surface area (Å²) in [5, 5.41) is 2.22. The van der Waals surface area contributed by atoms with E-state index in [-0.39, 0.29) is 41.8 Å². The third kappa shape index (κ3) is 2.64. The van der Waals surface area contributed by atoms with Crippen molar-refractivity contribution in [2.75, 3.05) is 13.4 Å². The second kappa shape index (κ2) is 5.59. The molecule has 128 valence electrons. The van der Waals surface area contributed by atoms with Gasteiger partial charge in [-0.1, -0.05) is 0 Å². The number of benzene rings is 1. The molecule has 1 aromatic rings. The molecule has 1 atom stereocenters. The molecule has 8 nitrogen and oxygen atoms in total. The number of fused-ring (bicyclic) bond motifs is 1. The van der Waals surface area contributed by atoms with Crippen molar-refractivity contribution in [1.29, 1.82) is 0 Å². The molecule has 1 fully saturated rings. The maximum absolute atomic E-state index is 12.6. The molecular weight excluding hydrogens is 336 g/mol. The van der Waals surface area contributed by atoms with Crippen molar-refractivity contribution in [2.24, 2.45) is 0 Å². The van der Waals surface area contributed by atoms with E-state index in [0.29, 0.717) is 11.1 Å². The van der Waals surface area contributed by atoms with Gasteiger partial charge >= 0.3 is 0 Å². The van der Waals surface area contributed by atoms with Gasteiger partial charge in [0.15, 0.2) is 9.84 Å². The second-order valence-electron chi connectivity index (χ2n) is 5.83. The normalized spacial score (nSPS) is 20.8. The number of methoxy groups -OCH3 is 1. The predicted molar refractivity (Wildman–Crippen MR) is 82.1 cm³/mol. The maximum atomic E-state index is 12.6. The summed E-state index contributed by atoms with van der Waals surface area (Å²) in [6, 6.07) is 2.06. The molecule has 0 spiro atoms. The molecular formula is C15H16N2O6S. The van der Waals surface area contributed by atoms with Crippen molar-refractivity contribution >= 4 is 27.6 Å². The standard InChI is InChI=1S/C15H16N2O6S/c1-23-11-6-9-8(5-12(11)24(2,21)22)7-17(15(9)20)10-3-4-13(18)16-14(10)19/h5-6,10H,3-4,7H2,1-2H3,(H,16,18,19). The van der Waals surface area contributed by atoms with Gasteiger partial charge in [0.05, 0.1) is 7.11 Å². The van der Waals surface area contributed by atoms with Crippen molar-refractivity contribution in [3.05, 3.63) is 23.3 Å². The molecule has 0 saturated carbocycles. The fourth-order valence-corrected chi connectivity index (χ4v) is 3.89. The fourth-order valence-electron chi connectivity index (χ4n) is 3.02. The van der Waals surface area contributed by atoms with Crippen LogP contribution in [0.2, 0.25) is 0 Å². The number of rotatable bonds is 3. The van der Waals surface area contributed by atoms with Crippen molar-refractivity contribution < 1.29 is 27.5 Å². The summed E-state index contributed by atoms with van der Waals surface area (Å²) < 4.78 is 28.9. The average molecular weight is 352 g/mol. The minimum atomic E-state index is -3.52. The van der Waals surface area contributed by atoms with Crippen molar-refractivity contribution in [3.8, 4) is 5.75 Å². The highest BCUT2D eigenvalue weighted by Crippen LogP contribution is 2.34. The summed E-state index contributed by atoms with van der Waals surface area (Å²) in [4.78, 5) is 37.2. The van der Waals surface area contributed by atoms with Crippen molar-refractivity contribution in [2.45, 2.75) is 30.3 Å². The first-order valence-corrected chi connectivity index (χ1v) is 9.17. The van der Waals surface area contributed by atoms with Gasteiger partial charge < -0.3 is 9.64 Å². The number of ether oxygens (including phenoxy) is 1. The summed E-state index contributed by atoms with van der Waals surface area (Å²) in [6.45, 7) is 0.118. The molecule has 3 rings (SSSR count). The minimum absolute atomic E-state index is 0.00155. The molecule has 1 unspecified atom stereocenters. The monoisotopic (exact) mass is 352 g/mol. The lowest BCUT2D eigenvalue weighted by Crippen LogP contribution is -2.52. The lowest BCUT2D eigenvalue weighted by molar-refractivity contribution is -0.136.